The van der Waals surface area contributed by atoms with Crippen LogP contribution in [0.4, 0.5) is 11.4 Å². The number of furan rings is 1. The zero-order valence-corrected chi connectivity index (χ0v) is 24.1. The normalized spacial score (nSPS) is 15.5. The number of para-hydroxylation sites is 2. The third kappa shape index (κ3) is 3.52. The lowest BCUT2D eigenvalue weighted by molar-refractivity contribution is 0.669. The summed E-state index contributed by atoms with van der Waals surface area (Å²) < 4.78 is 11.3. The van der Waals surface area contributed by atoms with Crippen LogP contribution < -0.4 is 4.58 Å². The van der Waals surface area contributed by atoms with Gasteiger partial charge in [0, 0.05) is 87.8 Å². The zero-order valence-electron chi connectivity index (χ0n) is 24.1. The number of benzene rings is 4. The molecule has 4 aromatic carbocycles. The Balaban J connectivity index is 1.29. The highest BCUT2D eigenvalue weighted by molar-refractivity contribution is 6.21. The van der Waals surface area contributed by atoms with Crippen LogP contribution >= 0.6 is 0 Å². The minimum Gasteiger partial charge on any atom is -0.456 e. The maximum absolute atomic E-state index is 6.37. The summed E-state index contributed by atoms with van der Waals surface area (Å²) >= 11 is 0. The molecule has 1 aliphatic heterocycles. The summed E-state index contributed by atoms with van der Waals surface area (Å²) in [5.41, 5.74) is 12.0. The maximum atomic E-state index is 6.37. The minimum atomic E-state index is 0.00983. The lowest BCUT2D eigenvalue weighted by Crippen LogP contribution is -2.30. The first-order valence-corrected chi connectivity index (χ1v) is 15.2. The molecule has 0 amide bonds. The summed E-state index contributed by atoms with van der Waals surface area (Å²) in [6.07, 6.45) is 16.3. The van der Waals surface area contributed by atoms with Crippen LogP contribution in [0.15, 0.2) is 151 Å². The number of pyridine rings is 2. The van der Waals surface area contributed by atoms with E-state index in [4.69, 9.17) is 4.42 Å². The Morgan fingerprint density at radius 2 is 1.40 bits per heavy atom. The van der Waals surface area contributed by atoms with Crippen molar-refractivity contribution >= 4 is 60.8 Å². The van der Waals surface area contributed by atoms with Crippen molar-refractivity contribution in [1.82, 2.24) is 19.1 Å². The van der Waals surface area contributed by atoms with Gasteiger partial charge in [-0.25, -0.2) is 0 Å². The van der Waals surface area contributed by atoms with Crippen molar-refractivity contribution in [2.24, 2.45) is 0 Å². The summed E-state index contributed by atoms with van der Waals surface area (Å²) in [7, 11) is 0. The van der Waals surface area contributed by atoms with Crippen LogP contribution in [0.3, 0.4) is 0 Å². The fourth-order valence-corrected chi connectivity index (χ4v) is 7.28. The number of hydrogen-bond acceptors (Lipinski definition) is 3. The van der Waals surface area contributed by atoms with E-state index in [0.29, 0.717) is 0 Å². The van der Waals surface area contributed by atoms with Gasteiger partial charge in [0.05, 0.1) is 5.52 Å². The van der Waals surface area contributed by atoms with Crippen molar-refractivity contribution in [3.05, 3.63) is 146 Å². The van der Waals surface area contributed by atoms with E-state index in [2.05, 4.69) is 116 Å². The average Bonchev–Trinajstić information content (AvgIpc) is 3.64. The first-order chi connectivity index (χ1) is 22.3. The summed E-state index contributed by atoms with van der Waals surface area (Å²) in [4.78, 5) is 8.86. The molecule has 2 aliphatic rings. The number of allylic oxidation sites excluding steroid dienone is 4. The van der Waals surface area contributed by atoms with Crippen LogP contribution in [-0.4, -0.2) is 20.2 Å². The SMILES string of the molecule is C1=CC2=[N+](c3cc(-c4cccnc4)cc(-c4cccnc4)c3)c3cccc4c5cc6c(cc5n(c34)C2C=C1)oc1ccccc16. The molecule has 5 nitrogen and oxygen atoms in total. The highest BCUT2D eigenvalue weighted by Gasteiger charge is 2.38. The third-order valence-corrected chi connectivity index (χ3v) is 9.22. The highest BCUT2D eigenvalue weighted by atomic mass is 16.3. The Morgan fingerprint density at radius 3 is 2.18 bits per heavy atom. The van der Waals surface area contributed by atoms with E-state index >= 15 is 0 Å². The van der Waals surface area contributed by atoms with Gasteiger partial charge in [0.2, 0.25) is 17.1 Å². The first kappa shape index (κ1) is 24.4. The minimum absolute atomic E-state index is 0.00983. The molecule has 0 spiro atoms. The predicted molar refractivity (Wildman–Crippen MR) is 183 cm³/mol. The quantitative estimate of drug-likeness (QED) is 0.196. The van der Waals surface area contributed by atoms with Crippen LogP contribution in [-0.2, 0) is 0 Å². The highest BCUT2D eigenvalue weighted by Crippen LogP contribution is 2.46. The van der Waals surface area contributed by atoms with Crippen LogP contribution in [0, 0.1) is 0 Å². The molecular formula is C40H25N4O+. The summed E-state index contributed by atoms with van der Waals surface area (Å²) in [6.45, 7) is 0. The zero-order chi connectivity index (χ0) is 29.5. The molecule has 0 fully saturated rings. The molecule has 4 aromatic heterocycles. The van der Waals surface area contributed by atoms with Gasteiger partial charge in [-0.3, -0.25) is 9.97 Å². The van der Waals surface area contributed by atoms with Gasteiger partial charge < -0.3 is 8.98 Å². The number of aromatic nitrogens is 3. The molecule has 0 N–H and O–H groups in total. The molecule has 5 heterocycles. The van der Waals surface area contributed by atoms with E-state index in [1.54, 1.807) is 0 Å². The molecule has 1 aliphatic carbocycles. The Labute approximate surface area is 258 Å². The average molecular weight is 578 g/mol. The molecular weight excluding hydrogens is 552 g/mol. The third-order valence-electron chi connectivity index (χ3n) is 9.22. The summed E-state index contributed by atoms with van der Waals surface area (Å²) in [6, 6.07) is 34.6. The fraction of sp³-hybridized carbons (Fsp3) is 0.0250. The van der Waals surface area contributed by atoms with Crippen molar-refractivity contribution in [2.45, 2.75) is 6.04 Å². The molecule has 45 heavy (non-hydrogen) atoms. The number of rotatable bonds is 3. The van der Waals surface area contributed by atoms with Crippen LogP contribution in [0.2, 0.25) is 0 Å². The van der Waals surface area contributed by atoms with Gasteiger partial charge >= 0.3 is 0 Å². The van der Waals surface area contributed by atoms with E-state index in [1.807, 2.05) is 49.1 Å². The van der Waals surface area contributed by atoms with Crippen molar-refractivity contribution in [3.8, 4) is 22.3 Å². The predicted octanol–water partition coefficient (Wildman–Crippen LogP) is 9.77. The summed E-state index contributed by atoms with van der Waals surface area (Å²) in [5, 5.41) is 4.76. The van der Waals surface area contributed by atoms with Gasteiger partial charge in [-0.2, -0.15) is 4.58 Å². The number of hydrogen-bond donors (Lipinski definition) is 0. The van der Waals surface area contributed by atoms with E-state index < -0.39 is 0 Å². The van der Waals surface area contributed by atoms with Gasteiger partial charge in [-0.1, -0.05) is 60.7 Å². The summed E-state index contributed by atoms with van der Waals surface area (Å²) in [5.74, 6) is 0. The van der Waals surface area contributed by atoms with Crippen LogP contribution in [0.1, 0.15) is 6.04 Å². The Morgan fingerprint density at radius 1 is 0.622 bits per heavy atom. The topological polar surface area (TPSA) is 46.9 Å². The van der Waals surface area contributed by atoms with Crippen LogP contribution in [0.5, 0.6) is 0 Å². The Bertz CT molecular complexity index is 2530. The molecule has 210 valence electrons. The number of nitrogens with zero attached hydrogens (tertiary/aromatic N) is 4. The van der Waals surface area contributed by atoms with Gasteiger partial charge in [0.1, 0.15) is 22.7 Å². The second kappa shape index (κ2) is 9.21. The molecule has 1 atom stereocenters. The van der Waals surface area contributed by atoms with E-state index in [0.717, 1.165) is 55.6 Å². The van der Waals surface area contributed by atoms with Crippen molar-refractivity contribution in [2.75, 3.05) is 0 Å². The van der Waals surface area contributed by atoms with Crippen molar-refractivity contribution in [1.29, 1.82) is 0 Å². The molecule has 0 saturated heterocycles. The number of fused-ring (bicyclic) bond motifs is 8. The van der Waals surface area contributed by atoms with Crippen LogP contribution in [0.25, 0.3) is 66.0 Å². The van der Waals surface area contributed by atoms with Gasteiger partial charge in [-0.15, -0.1) is 0 Å². The van der Waals surface area contributed by atoms with E-state index in [1.165, 1.54) is 27.5 Å². The second-order valence-corrected chi connectivity index (χ2v) is 11.7. The molecule has 0 saturated carbocycles. The lowest BCUT2D eigenvalue weighted by Gasteiger charge is -2.25. The fourth-order valence-electron chi connectivity index (χ4n) is 7.28. The van der Waals surface area contributed by atoms with Gasteiger partial charge in [0.25, 0.3) is 0 Å². The molecule has 0 radical (unpaired) electrons. The Hall–Kier alpha value is -6.07. The van der Waals surface area contributed by atoms with E-state index in [-0.39, 0.29) is 6.04 Å². The van der Waals surface area contributed by atoms with Gasteiger partial charge in [-0.05, 0) is 41.5 Å². The first-order valence-electron chi connectivity index (χ1n) is 15.2. The molecule has 8 aromatic rings. The standard InChI is InChI=1S/C40H25N4O/c1-4-15-38-30(10-1)33-21-32-31-11-5-14-36-40(31)44(37(32)22-39(33)45-38)35-13-3-2-12-34(35)43(36)29-19-27(25-8-6-16-41-23-25)18-28(20-29)26-9-7-17-42-24-26/h1-24,35H/q+1. The van der Waals surface area contributed by atoms with Crippen molar-refractivity contribution < 1.29 is 4.42 Å². The Kier molecular flexibility index (Phi) is 4.99. The smallest absolute Gasteiger partial charge is 0.235 e. The molecule has 1 unspecified atom stereocenters. The second-order valence-electron chi connectivity index (χ2n) is 11.7. The van der Waals surface area contributed by atoms with Gasteiger partial charge in [0.15, 0.2) is 0 Å². The van der Waals surface area contributed by atoms with Crippen molar-refractivity contribution in [3.63, 3.8) is 0 Å². The molecule has 10 rings (SSSR count). The molecule has 0 bridgehead atoms. The largest absolute Gasteiger partial charge is 0.456 e. The molecule has 5 heteroatoms. The monoisotopic (exact) mass is 577 g/mol. The lowest BCUT2D eigenvalue weighted by atomic mass is 9.97. The maximum Gasteiger partial charge on any atom is 0.235 e. The van der Waals surface area contributed by atoms with E-state index in [9.17, 15) is 0 Å².